The SMILES string of the molecule is Cc1cc(C)c(N2CC(S(=O)(=O)F)CC2=O)c(C)c1. The van der Waals surface area contributed by atoms with Gasteiger partial charge in [-0.05, 0) is 31.9 Å². The molecule has 0 N–H and O–H groups in total. The molecule has 1 atom stereocenters. The quantitative estimate of drug-likeness (QED) is 0.781. The number of halogens is 1. The Hall–Kier alpha value is -1.43. The second-order valence-corrected chi connectivity index (χ2v) is 6.67. The van der Waals surface area contributed by atoms with Crippen molar-refractivity contribution in [3.8, 4) is 0 Å². The zero-order valence-electron chi connectivity index (χ0n) is 11.1. The van der Waals surface area contributed by atoms with Crippen LogP contribution in [0.2, 0.25) is 0 Å². The second-order valence-electron chi connectivity index (χ2n) is 5.05. The van der Waals surface area contributed by atoms with Crippen molar-refractivity contribution in [3.05, 3.63) is 28.8 Å². The highest BCUT2D eigenvalue weighted by Gasteiger charge is 2.39. The molecule has 1 unspecified atom stereocenters. The van der Waals surface area contributed by atoms with E-state index in [1.807, 2.05) is 32.9 Å². The maximum absolute atomic E-state index is 13.0. The first kappa shape index (κ1) is 14.0. The van der Waals surface area contributed by atoms with Gasteiger partial charge in [-0.25, -0.2) is 0 Å². The molecule has 19 heavy (non-hydrogen) atoms. The van der Waals surface area contributed by atoms with Crippen LogP contribution in [0.5, 0.6) is 0 Å². The Morgan fingerprint density at radius 1 is 1.21 bits per heavy atom. The van der Waals surface area contributed by atoms with Gasteiger partial charge in [-0.3, -0.25) is 4.79 Å². The average Bonchev–Trinajstić information content (AvgIpc) is 2.59. The lowest BCUT2D eigenvalue weighted by molar-refractivity contribution is -0.117. The summed E-state index contributed by atoms with van der Waals surface area (Å²) < 4.78 is 34.9. The normalized spacial score (nSPS) is 20.1. The van der Waals surface area contributed by atoms with E-state index in [1.165, 1.54) is 4.90 Å². The molecule has 1 aliphatic heterocycles. The van der Waals surface area contributed by atoms with Crippen LogP contribution in [0.1, 0.15) is 23.1 Å². The Kier molecular flexibility index (Phi) is 3.38. The van der Waals surface area contributed by atoms with Gasteiger partial charge in [0.25, 0.3) is 0 Å². The summed E-state index contributed by atoms with van der Waals surface area (Å²) in [6.45, 7) is 5.56. The fourth-order valence-electron chi connectivity index (χ4n) is 2.68. The van der Waals surface area contributed by atoms with Gasteiger partial charge < -0.3 is 4.90 Å². The number of nitrogens with zero attached hydrogens (tertiary/aromatic N) is 1. The van der Waals surface area contributed by atoms with Gasteiger partial charge in [-0.1, -0.05) is 17.7 Å². The number of benzene rings is 1. The van der Waals surface area contributed by atoms with E-state index in [4.69, 9.17) is 0 Å². The Balaban J connectivity index is 2.42. The molecule has 0 radical (unpaired) electrons. The minimum Gasteiger partial charge on any atom is -0.310 e. The van der Waals surface area contributed by atoms with Gasteiger partial charge in [0.1, 0.15) is 5.25 Å². The molecule has 1 aromatic rings. The monoisotopic (exact) mass is 285 g/mol. The van der Waals surface area contributed by atoms with Crippen LogP contribution in [0.25, 0.3) is 0 Å². The van der Waals surface area contributed by atoms with Gasteiger partial charge in [-0.15, -0.1) is 3.89 Å². The summed E-state index contributed by atoms with van der Waals surface area (Å²) in [7, 11) is -4.67. The number of carbonyl (C=O) groups excluding carboxylic acids is 1. The van der Waals surface area contributed by atoms with Crippen LogP contribution in [-0.2, 0) is 15.0 Å². The Morgan fingerprint density at radius 2 is 1.74 bits per heavy atom. The molecule has 104 valence electrons. The van der Waals surface area contributed by atoms with Crippen LogP contribution in [0.4, 0.5) is 9.57 Å². The van der Waals surface area contributed by atoms with E-state index < -0.39 is 15.5 Å². The van der Waals surface area contributed by atoms with Crippen molar-refractivity contribution < 1.29 is 17.1 Å². The van der Waals surface area contributed by atoms with Crippen molar-refractivity contribution >= 4 is 21.8 Å². The van der Waals surface area contributed by atoms with Gasteiger partial charge in [0.2, 0.25) is 5.91 Å². The van der Waals surface area contributed by atoms with Gasteiger partial charge in [-0.2, -0.15) is 8.42 Å². The largest absolute Gasteiger partial charge is 0.310 e. The molecule has 1 heterocycles. The first-order valence-corrected chi connectivity index (χ1v) is 7.46. The summed E-state index contributed by atoms with van der Waals surface area (Å²) in [4.78, 5) is 13.3. The molecular weight excluding hydrogens is 269 g/mol. The zero-order chi connectivity index (χ0) is 14.4. The van der Waals surface area contributed by atoms with Crippen LogP contribution >= 0.6 is 0 Å². The van der Waals surface area contributed by atoms with Crippen LogP contribution in [0, 0.1) is 20.8 Å². The standard InChI is InChI=1S/C13H16FNO3S/c1-8-4-9(2)13(10(3)5-8)15-7-11(6-12(15)16)19(14,17)18/h4-5,11H,6-7H2,1-3H3. The molecule has 0 aliphatic carbocycles. The molecule has 1 aromatic carbocycles. The minimum atomic E-state index is -4.67. The van der Waals surface area contributed by atoms with Gasteiger partial charge in [0, 0.05) is 18.7 Å². The van der Waals surface area contributed by atoms with Crippen molar-refractivity contribution in [1.29, 1.82) is 0 Å². The fraction of sp³-hybridized carbons (Fsp3) is 0.462. The van der Waals surface area contributed by atoms with Crippen LogP contribution < -0.4 is 4.90 Å². The van der Waals surface area contributed by atoms with E-state index in [0.717, 1.165) is 16.7 Å². The van der Waals surface area contributed by atoms with E-state index in [1.54, 1.807) is 0 Å². The molecular formula is C13H16FNO3S. The number of aryl methyl sites for hydroxylation is 3. The van der Waals surface area contributed by atoms with Gasteiger partial charge in [0.05, 0.1) is 0 Å². The predicted molar refractivity (Wildman–Crippen MR) is 71.4 cm³/mol. The average molecular weight is 285 g/mol. The van der Waals surface area contributed by atoms with Crippen LogP contribution in [-0.4, -0.2) is 26.1 Å². The van der Waals surface area contributed by atoms with Crippen LogP contribution in [0.3, 0.4) is 0 Å². The highest BCUT2D eigenvalue weighted by molar-refractivity contribution is 7.87. The molecule has 1 fully saturated rings. The third-order valence-corrected chi connectivity index (χ3v) is 4.51. The second kappa shape index (κ2) is 4.59. The van der Waals surface area contributed by atoms with Crippen molar-refractivity contribution in [3.63, 3.8) is 0 Å². The maximum atomic E-state index is 13.0. The van der Waals surface area contributed by atoms with Crippen molar-refractivity contribution in [1.82, 2.24) is 0 Å². The third kappa shape index (κ3) is 2.63. The molecule has 1 aliphatic rings. The lowest BCUT2D eigenvalue weighted by Gasteiger charge is -2.21. The highest BCUT2D eigenvalue weighted by Crippen LogP contribution is 2.31. The summed E-state index contributed by atoms with van der Waals surface area (Å²) in [5, 5.41) is -1.25. The fourth-order valence-corrected chi connectivity index (χ4v) is 3.35. The first-order chi connectivity index (χ1) is 8.70. The van der Waals surface area contributed by atoms with Gasteiger partial charge >= 0.3 is 10.2 Å². The van der Waals surface area contributed by atoms with Crippen molar-refractivity contribution in [2.45, 2.75) is 32.4 Å². The first-order valence-electron chi connectivity index (χ1n) is 6.02. The zero-order valence-corrected chi connectivity index (χ0v) is 11.9. The Morgan fingerprint density at radius 3 is 2.16 bits per heavy atom. The van der Waals surface area contributed by atoms with Crippen molar-refractivity contribution in [2.24, 2.45) is 0 Å². The maximum Gasteiger partial charge on any atom is 0.307 e. The topological polar surface area (TPSA) is 54.5 Å². The number of hydrogen-bond donors (Lipinski definition) is 0. The smallest absolute Gasteiger partial charge is 0.307 e. The molecule has 0 bridgehead atoms. The molecule has 0 saturated carbocycles. The number of carbonyl (C=O) groups is 1. The Labute approximate surface area is 112 Å². The summed E-state index contributed by atoms with van der Waals surface area (Å²) >= 11 is 0. The van der Waals surface area contributed by atoms with E-state index in [-0.39, 0.29) is 18.9 Å². The Bertz CT molecular complexity index is 616. The molecule has 0 spiro atoms. The van der Waals surface area contributed by atoms with Crippen molar-refractivity contribution in [2.75, 3.05) is 11.4 Å². The van der Waals surface area contributed by atoms with E-state index in [0.29, 0.717) is 5.69 Å². The predicted octanol–water partition coefficient (Wildman–Crippen LogP) is 2.02. The third-order valence-electron chi connectivity index (χ3n) is 3.39. The molecule has 4 nitrogen and oxygen atoms in total. The lowest BCUT2D eigenvalue weighted by atomic mass is 10.0. The summed E-state index contributed by atoms with van der Waals surface area (Å²) in [6, 6.07) is 3.85. The molecule has 2 rings (SSSR count). The van der Waals surface area contributed by atoms with Gasteiger partial charge in [0.15, 0.2) is 0 Å². The van der Waals surface area contributed by atoms with E-state index in [2.05, 4.69) is 0 Å². The molecule has 1 saturated heterocycles. The number of rotatable bonds is 2. The van der Waals surface area contributed by atoms with E-state index in [9.17, 15) is 17.1 Å². The van der Waals surface area contributed by atoms with Crippen LogP contribution in [0.15, 0.2) is 12.1 Å². The summed E-state index contributed by atoms with van der Waals surface area (Å²) in [5.41, 5.74) is 3.55. The highest BCUT2D eigenvalue weighted by atomic mass is 32.3. The summed E-state index contributed by atoms with van der Waals surface area (Å²) in [5.74, 6) is -0.346. The molecule has 6 heteroatoms. The number of anilines is 1. The molecule has 0 aromatic heterocycles. The van der Waals surface area contributed by atoms with E-state index >= 15 is 0 Å². The number of amides is 1. The minimum absolute atomic E-state index is 0.109. The summed E-state index contributed by atoms with van der Waals surface area (Å²) in [6.07, 6.45) is -0.286. The number of hydrogen-bond acceptors (Lipinski definition) is 3. The molecule has 1 amide bonds. The lowest BCUT2D eigenvalue weighted by Crippen LogP contribution is -2.28.